The van der Waals surface area contributed by atoms with Gasteiger partial charge in [0.15, 0.2) is 17.5 Å². The number of aromatic nitrogens is 3. The van der Waals surface area contributed by atoms with Crippen LogP contribution in [0.5, 0.6) is 0 Å². The summed E-state index contributed by atoms with van der Waals surface area (Å²) in [5.41, 5.74) is 0.738. The molecule has 5 nitrogen and oxygen atoms in total. The Hall–Kier alpha value is -0.430. The SMILES string of the molecule is O=Nc1ccc(-c2nc(C(Cl)(Cl)Cl)nc(C(Cl)(Cl)Cl)n2)cc1. The Bertz CT molecular complexity index is 663. The van der Waals surface area contributed by atoms with Crippen LogP contribution >= 0.6 is 69.6 Å². The molecule has 0 radical (unpaired) electrons. The molecule has 22 heavy (non-hydrogen) atoms. The molecule has 116 valence electrons. The Morgan fingerprint density at radius 3 is 1.59 bits per heavy atom. The van der Waals surface area contributed by atoms with Gasteiger partial charge in [-0.1, -0.05) is 69.6 Å². The van der Waals surface area contributed by atoms with Crippen molar-refractivity contribution in [3.05, 3.63) is 40.8 Å². The molecule has 0 spiro atoms. The highest BCUT2D eigenvalue weighted by molar-refractivity contribution is 6.67. The van der Waals surface area contributed by atoms with Gasteiger partial charge in [-0.05, 0) is 29.4 Å². The minimum atomic E-state index is -1.92. The van der Waals surface area contributed by atoms with Gasteiger partial charge in [0.2, 0.25) is 7.59 Å². The minimum Gasteiger partial charge on any atom is -0.209 e. The minimum absolute atomic E-state index is 0.120. The Morgan fingerprint density at radius 1 is 0.773 bits per heavy atom. The van der Waals surface area contributed by atoms with E-state index in [0.717, 1.165) is 0 Å². The first-order valence-corrected chi connectivity index (χ1v) is 7.72. The summed E-state index contributed by atoms with van der Waals surface area (Å²) in [6, 6.07) is 6.04. The van der Waals surface area contributed by atoms with Gasteiger partial charge in [0.1, 0.15) is 5.69 Å². The summed E-state index contributed by atoms with van der Waals surface area (Å²) >= 11 is 34.7. The molecule has 0 fully saturated rings. The molecule has 0 unspecified atom stereocenters. The molecular weight excluding hydrogens is 417 g/mol. The smallest absolute Gasteiger partial charge is 0.209 e. The van der Waals surface area contributed by atoms with E-state index in [2.05, 4.69) is 20.1 Å². The standard InChI is InChI=1S/C11H4Cl6N4O/c12-10(13,14)8-18-7(19-9(20-8)11(15,16)17)5-1-3-6(21-22)4-2-5/h1-4H. The van der Waals surface area contributed by atoms with Crippen molar-refractivity contribution in [2.24, 2.45) is 5.18 Å². The Labute approximate surface area is 154 Å². The molecule has 0 N–H and O–H groups in total. The van der Waals surface area contributed by atoms with Gasteiger partial charge in [0.05, 0.1) is 0 Å². The molecule has 0 saturated heterocycles. The topological polar surface area (TPSA) is 68.1 Å². The Kier molecular flexibility index (Phi) is 5.37. The van der Waals surface area contributed by atoms with Crippen LogP contribution < -0.4 is 0 Å². The Balaban J connectivity index is 2.61. The highest BCUT2D eigenvalue weighted by Gasteiger charge is 2.33. The van der Waals surface area contributed by atoms with Crippen LogP contribution in [0.1, 0.15) is 11.6 Å². The molecule has 0 aliphatic rings. The normalized spacial score (nSPS) is 12.3. The number of nitroso groups, excluding NO2 is 1. The molecule has 0 amide bonds. The van der Waals surface area contributed by atoms with Gasteiger partial charge in [-0.15, -0.1) is 4.91 Å². The highest BCUT2D eigenvalue weighted by atomic mass is 35.6. The summed E-state index contributed by atoms with van der Waals surface area (Å²) in [4.78, 5) is 22.4. The molecule has 0 aliphatic carbocycles. The fraction of sp³-hybridized carbons (Fsp3) is 0.182. The van der Waals surface area contributed by atoms with Crippen molar-refractivity contribution in [2.45, 2.75) is 7.59 Å². The van der Waals surface area contributed by atoms with E-state index >= 15 is 0 Å². The molecule has 2 rings (SSSR count). The van der Waals surface area contributed by atoms with Gasteiger partial charge in [0, 0.05) is 5.56 Å². The van der Waals surface area contributed by atoms with Gasteiger partial charge in [0.25, 0.3) is 0 Å². The summed E-state index contributed by atoms with van der Waals surface area (Å²) < 4.78 is -3.85. The zero-order valence-electron chi connectivity index (χ0n) is 10.3. The maximum atomic E-state index is 10.4. The zero-order valence-corrected chi connectivity index (χ0v) is 14.8. The number of rotatable bonds is 2. The monoisotopic (exact) mass is 418 g/mol. The predicted octanol–water partition coefficient (Wildman–Crippen LogP) is 5.59. The second kappa shape index (κ2) is 6.59. The van der Waals surface area contributed by atoms with E-state index in [1.54, 1.807) is 12.1 Å². The molecule has 1 heterocycles. The second-order valence-electron chi connectivity index (χ2n) is 3.94. The van der Waals surface area contributed by atoms with Crippen LogP contribution in [0.2, 0.25) is 0 Å². The zero-order chi connectivity index (χ0) is 16.5. The van der Waals surface area contributed by atoms with Crippen LogP contribution in [0, 0.1) is 4.91 Å². The molecular formula is C11H4Cl6N4O. The lowest BCUT2D eigenvalue weighted by atomic mass is 10.2. The number of alkyl halides is 6. The van der Waals surface area contributed by atoms with E-state index in [9.17, 15) is 4.91 Å². The number of hydrogen-bond acceptors (Lipinski definition) is 5. The van der Waals surface area contributed by atoms with Crippen LogP contribution in [0.15, 0.2) is 29.4 Å². The van der Waals surface area contributed by atoms with Crippen molar-refractivity contribution in [1.29, 1.82) is 0 Å². The molecule has 0 aliphatic heterocycles. The molecule has 0 saturated carbocycles. The number of nitrogens with zero attached hydrogens (tertiary/aromatic N) is 4. The van der Waals surface area contributed by atoms with Gasteiger partial charge in [-0.25, -0.2) is 15.0 Å². The van der Waals surface area contributed by atoms with E-state index in [0.29, 0.717) is 5.56 Å². The molecule has 11 heteroatoms. The van der Waals surface area contributed by atoms with Gasteiger partial charge in [-0.3, -0.25) is 0 Å². The van der Waals surface area contributed by atoms with Crippen molar-refractivity contribution in [3.63, 3.8) is 0 Å². The average Bonchev–Trinajstić information content (AvgIpc) is 2.45. The fourth-order valence-electron chi connectivity index (χ4n) is 1.43. The number of hydrogen-bond donors (Lipinski definition) is 0. The summed E-state index contributed by atoms with van der Waals surface area (Å²) in [6.07, 6.45) is 0. The number of benzene rings is 1. The molecule has 0 bridgehead atoms. The second-order valence-corrected chi connectivity index (χ2v) is 8.50. The molecule has 1 aromatic heterocycles. The summed E-state index contributed by atoms with van der Waals surface area (Å²) in [7, 11) is 0. The van der Waals surface area contributed by atoms with E-state index < -0.39 is 7.59 Å². The first-order chi connectivity index (χ1) is 10.1. The lowest BCUT2D eigenvalue weighted by Crippen LogP contribution is -2.16. The largest absolute Gasteiger partial charge is 0.250 e. The summed E-state index contributed by atoms with van der Waals surface area (Å²) in [5.74, 6) is -0.266. The first kappa shape index (κ1) is 17.9. The van der Waals surface area contributed by atoms with Gasteiger partial charge >= 0.3 is 0 Å². The van der Waals surface area contributed by atoms with Crippen LogP contribution in [0.4, 0.5) is 5.69 Å². The predicted molar refractivity (Wildman–Crippen MR) is 89.2 cm³/mol. The number of halogens is 6. The first-order valence-electron chi connectivity index (χ1n) is 5.45. The fourth-order valence-corrected chi connectivity index (χ4v) is 1.94. The van der Waals surface area contributed by atoms with Crippen molar-refractivity contribution in [1.82, 2.24) is 15.0 Å². The third-order valence-electron chi connectivity index (χ3n) is 2.37. The van der Waals surface area contributed by atoms with Crippen LogP contribution in [-0.4, -0.2) is 15.0 Å². The lowest BCUT2D eigenvalue weighted by molar-refractivity contribution is 0.851. The molecule has 2 aromatic rings. The maximum absolute atomic E-state index is 10.4. The summed E-state index contributed by atoms with van der Waals surface area (Å²) in [5, 5.41) is 2.79. The maximum Gasteiger partial charge on any atom is 0.250 e. The molecule has 0 atom stereocenters. The van der Waals surface area contributed by atoms with Crippen molar-refractivity contribution < 1.29 is 0 Å². The molecule has 1 aromatic carbocycles. The van der Waals surface area contributed by atoms with Crippen LogP contribution in [-0.2, 0) is 7.59 Å². The van der Waals surface area contributed by atoms with Gasteiger partial charge in [-0.2, -0.15) is 0 Å². The van der Waals surface area contributed by atoms with Crippen molar-refractivity contribution in [2.75, 3.05) is 0 Å². The third-order valence-corrected chi connectivity index (χ3v) is 3.39. The lowest BCUT2D eigenvalue weighted by Gasteiger charge is -2.15. The van der Waals surface area contributed by atoms with Gasteiger partial charge < -0.3 is 0 Å². The van der Waals surface area contributed by atoms with Crippen molar-refractivity contribution >= 4 is 75.3 Å². The highest BCUT2D eigenvalue weighted by Crippen LogP contribution is 2.40. The quantitative estimate of drug-likeness (QED) is 0.469. The Morgan fingerprint density at radius 2 is 1.23 bits per heavy atom. The van der Waals surface area contributed by atoms with E-state index in [-0.39, 0.29) is 23.2 Å². The van der Waals surface area contributed by atoms with E-state index in [1.807, 2.05) is 0 Å². The van der Waals surface area contributed by atoms with E-state index in [4.69, 9.17) is 69.6 Å². The summed E-state index contributed by atoms with van der Waals surface area (Å²) in [6.45, 7) is 0. The third kappa shape index (κ3) is 4.31. The van der Waals surface area contributed by atoms with Crippen LogP contribution in [0.3, 0.4) is 0 Å². The van der Waals surface area contributed by atoms with Crippen LogP contribution in [0.25, 0.3) is 11.4 Å². The average molecular weight is 421 g/mol. The van der Waals surface area contributed by atoms with Crippen molar-refractivity contribution in [3.8, 4) is 11.4 Å². The van der Waals surface area contributed by atoms with E-state index in [1.165, 1.54) is 12.1 Å².